The van der Waals surface area contributed by atoms with Crippen LogP contribution in [0.1, 0.15) is 5.69 Å². The molecule has 7 heteroatoms. The monoisotopic (exact) mass is 221 g/mol. The zero-order valence-electron chi connectivity index (χ0n) is 6.56. The quantitative estimate of drug-likeness (QED) is 0.695. The smallest absolute Gasteiger partial charge is 0.278 e. The number of aromatic amines is 1. The largest absolute Gasteiger partial charge is 0.433 e. The Morgan fingerprint density at radius 1 is 1.36 bits per heavy atom. The van der Waals surface area contributed by atoms with Gasteiger partial charge in [-0.1, -0.05) is 11.6 Å². The summed E-state index contributed by atoms with van der Waals surface area (Å²) < 4.78 is 36.7. The van der Waals surface area contributed by atoms with E-state index in [-0.39, 0.29) is 10.7 Å². The summed E-state index contributed by atoms with van der Waals surface area (Å²) in [5, 5.41) is 6.14. The molecule has 14 heavy (non-hydrogen) atoms. The Morgan fingerprint density at radius 3 is 2.71 bits per heavy atom. The number of hydrogen-bond donors (Lipinski definition) is 1. The Labute approximate surface area is 80.9 Å². The number of nitrogens with zero attached hydrogens (tertiary/aromatic N) is 2. The number of hydrogen-bond acceptors (Lipinski definition) is 2. The maximum Gasteiger partial charge on any atom is 0.433 e. The van der Waals surface area contributed by atoms with Crippen molar-refractivity contribution in [1.29, 1.82) is 0 Å². The molecule has 3 nitrogen and oxygen atoms in total. The van der Waals surface area contributed by atoms with E-state index < -0.39 is 11.9 Å². The van der Waals surface area contributed by atoms with Crippen LogP contribution in [0, 0.1) is 0 Å². The Balaban J connectivity index is 2.70. The first kappa shape index (κ1) is 9.26. The number of pyridine rings is 1. The molecule has 0 aliphatic heterocycles. The van der Waals surface area contributed by atoms with Gasteiger partial charge in [-0.3, -0.25) is 5.10 Å². The summed E-state index contributed by atoms with van der Waals surface area (Å²) in [6.45, 7) is 0. The van der Waals surface area contributed by atoms with E-state index in [0.29, 0.717) is 5.39 Å². The maximum atomic E-state index is 12.2. The third kappa shape index (κ3) is 1.41. The van der Waals surface area contributed by atoms with Crippen molar-refractivity contribution in [3.05, 3.63) is 23.1 Å². The summed E-state index contributed by atoms with van der Waals surface area (Å²) >= 11 is 5.54. The summed E-state index contributed by atoms with van der Waals surface area (Å²) in [5.41, 5.74) is -0.809. The molecule has 2 aromatic rings. The molecule has 0 fully saturated rings. The highest BCUT2D eigenvalue weighted by atomic mass is 35.5. The summed E-state index contributed by atoms with van der Waals surface area (Å²) in [7, 11) is 0. The van der Waals surface area contributed by atoms with Crippen molar-refractivity contribution >= 4 is 22.5 Å². The number of fused-ring (bicyclic) bond motifs is 1. The fourth-order valence-corrected chi connectivity index (χ4v) is 1.29. The molecule has 74 valence electrons. The third-order valence-electron chi connectivity index (χ3n) is 1.68. The lowest BCUT2D eigenvalue weighted by atomic mass is 10.3. The molecule has 0 unspecified atom stereocenters. The van der Waals surface area contributed by atoms with Crippen LogP contribution in [0.25, 0.3) is 10.9 Å². The molecular formula is C7H3ClF3N3. The van der Waals surface area contributed by atoms with E-state index in [2.05, 4.69) is 15.2 Å². The lowest BCUT2D eigenvalue weighted by molar-refractivity contribution is -0.141. The van der Waals surface area contributed by atoms with Crippen molar-refractivity contribution < 1.29 is 13.2 Å². The highest BCUT2D eigenvalue weighted by Gasteiger charge is 2.33. The number of alkyl halides is 3. The van der Waals surface area contributed by atoms with E-state index in [4.69, 9.17) is 11.6 Å². The highest BCUT2D eigenvalue weighted by molar-refractivity contribution is 6.34. The molecule has 0 bridgehead atoms. The lowest BCUT2D eigenvalue weighted by Crippen LogP contribution is -2.07. The van der Waals surface area contributed by atoms with Gasteiger partial charge in [-0.2, -0.15) is 18.3 Å². The molecule has 1 N–H and O–H groups in total. The summed E-state index contributed by atoms with van der Waals surface area (Å²) in [4.78, 5) is 3.23. The van der Waals surface area contributed by atoms with Crippen LogP contribution in [0.4, 0.5) is 13.2 Å². The topological polar surface area (TPSA) is 41.6 Å². The lowest BCUT2D eigenvalue weighted by Gasteiger charge is -2.05. The van der Waals surface area contributed by atoms with Gasteiger partial charge in [0.2, 0.25) is 0 Å². The van der Waals surface area contributed by atoms with Gasteiger partial charge in [0.1, 0.15) is 10.8 Å². The van der Waals surface area contributed by atoms with Crippen molar-refractivity contribution in [2.24, 2.45) is 0 Å². The van der Waals surface area contributed by atoms with Crippen LogP contribution in [-0.2, 0) is 6.18 Å². The van der Waals surface area contributed by atoms with Crippen LogP contribution < -0.4 is 0 Å². The second-order valence-corrected chi connectivity index (χ2v) is 2.99. The van der Waals surface area contributed by atoms with Gasteiger partial charge in [-0.05, 0) is 6.07 Å². The molecule has 0 amide bonds. The molecule has 2 aromatic heterocycles. The van der Waals surface area contributed by atoms with Gasteiger partial charge in [0.25, 0.3) is 0 Å². The van der Waals surface area contributed by atoms with Crippen LogP contribution in [0.15, 0.2) is 12.3 Å². The first-order chi connectivity index (χ1) is 6.48. The molecular weight excluding hydrogens is 219 g/mol. The Kier molecular flexibility index (Phi) is 1.88. The predicted octanol–water partition coefficient (Wildman–Crippen LogP) is 2.63. The fourth-order valence-electron chi connectivity index (χ4n) is 1.05. The minimum Gasteiger partial charge on any atom is -0.278 e. The summed E-state index contributed by atoms with van der Waals surface area (Å²) in [5.74, 6) is 0. The van der Waals surface area contributed by atoms with Crippen LogP contribution >= 0.6 is 11.6 Å². The van der Waals surface area contributed by atoms with Gasteiger partial charge >= 0.3 is 6.18 Å². The first-order valence-corrected chi connectivity index (χ1v) is 3.93. The van der Waals surface area contributed by atoms with E-state index in [1.54, 1.807) is 0 Å². The molecule has 2 heterocycles. The van der Waals surface area contributed by atoms with E-state index in [9.17, 15) is 13.2 Å². The summed E-state index contributed by atoms with van der Waals surface area (Å²) in [6, 6.07) is 0.869. The first-order valence-electron chi connectivity index (χ1n) is 3.55. The zero-order chi connectivity index (χ0) is 10.3. The molecule has 0 radical (unpaired) electrons. The maximum absolute atomic E-state index is 12.2. The number of halogens is 4. The van der Waals surface area contributed by atoms with Gasteiger partial charge in [0, 0.05) is 0 Å². The predicted molar refractivity (Wildman–Crippen MR) is 43.9 cm³/mol. The van der Waals surface area contributed by atoms with E-state index in [0.717, 1.165) is 6.07 Å². The second-order valence-electron chi connectivity index (χ2n) is 2.63. The van der Waals surface area contributed by atoms with Gasteiger partial charge < -0.3 is 0 Å². The minimum atomic E-state index is -4.50. The van der Waals surface area contributed by atoms with E-state index in [1.807, 2.05) is 0 Å². The Hall–Kier alpha value is -1.30. The molecule has 0 saturated heterocycles. The highest BCUT2D eigenvalue weighted by Crippen LogP contribution is 2.31. The van der Waals surface area contributed by atoms with Crippen molar-refractivity contribution in [1.82, 2.24) is 15.2 Å². The number of rotatable bonds is 0. The van der Waals surface area contributed by atoms with E-state index >= 15 is 0 Å². The van der Waals surface area contributed by atoms with Gasteiger partial charge in [-0.25, -0.2) is 4.98 Å². The molecule has 0 aliphatic carbocycles. The molecule has 2 rings (SSSR count). The second kappa shape index (κ2) is 2.84. The van der Waals surface area contributed by atoms with Gasteiger partial charge in [-0.15, -0.1) is 0 Å². The van der Waals surface area contributed by atoms with Gasteiger partial charge in [0.15, 0.2) is 0 Å². The number of nitrogens with one attached hydrogen (secondary N) is 1. The summed E-state index contributed by atoms with van der Waals surface area (Å²) in [6.07, 6.45) is -3.17. The minimum absolute atomic E-state index is 0.205. The van der Waals surface area contributed by atoms with Crippen LogP contribution in [0.2, 0.25) is 5.15 Å². The number of aromatic nitrogens is 3. The molecule has 0 saturated carbocycles. The average Bonchev–Trinajstić information content (AvgIpc) is 2.50. The van der Waals surface area contributed by atoms with E-state index in [1.165, 1.54) is 6.20 Å². The zero-order valence-corrected chi connectivity index (χ0v) is 7.32. The SMILES string of the molecule is FC(F)(F)c1cc2[nH]ncc2c(Cl)n1. The molecule has 0 atom stereocenters. The van der Waals surface area contributed by atoms with Crippen molar-refractivity contribution in [3.63, 3.8) is 0 Å². The van der Waals surface area contributed by atoms with Crippen molar-refractivity contribution in [2.75, 3.05) is 0 Å². The van der Waals surface area contributed by atoms with Crippen molar-refractivity contribution in [3.8, 4) is 0 Å². The Morgan fingerprint density at radius 2 is 2.07 bits per heavy atom. The van der Waals surface area contributed by atoms with Crippen LogP contribution in [-0.4, -0.2) is 15.2 Å². The van der Waals surface area contributed by atoms with Gasteiger partial charge in [0.05, 0.1) is 17.1 Å². The molecule has 0 aliphatic rings. The standard InChI is InChI=1S/C7H3ClF3N3/c8-6-3-2-12-14-4(3)1-5(13-6)7(9,10)11/h1-2H,(H,12,14). The third-order valence-corrected chi connectivity index (χ3v) is 1.97. The normalized spacial score (nSPS) is 12.3. The fraction of sp³-hybridized carbons (Fsp3) is 0.143. The average molecular weight is 222 g/mol. The van der Waals surface area contributed by atoms with Crippen LogP contribution in [0.5, 0.6) is 0 Å². The van der Waals surface area contributed by atoms with Crippen LogP contribution in [0.3, 0.4) is 0 Å². The number of H-pyrrole nitrogens is 1. The van der Waals surface area contributed by atoms with Crippen molar-refractivity contribution in [2.45, 2.75) is 6.18 Å². The Bertz CT molecular complexity index is 476. The molecule has 0 spiro atoms. The molecule has 0 aromatic carbocycles.